The molecule has 6 heteroatoms. The number of allylic oxidation sites excluding steroid dienone is 1. The van der Waals surface area contributed by atoms with Crippen molar-refractivity contribution in [1.82, 2.24) is 0 Å². The monoisotopic (exact) mass is 370 g/mol. The van der Waals surface area contributed by atoms with Gasteiger partial charge in [0.2, 0.25) is 5.78 Å². The third kappa shape index (κ3) is 3.21. The van der Waals surface area contributed by atoms with Crippen molar-refractivity contribution in [1.29, 1.82) is 0 Å². The largest absolute Gasteiger partial charge is 0.489 e. The SMILES string of the molecule is O=C1/C(=C/c2ccco2)Oc2cc(OCc3ccc(F)cc3Cl)ccc21. The van der Waals surface area contributed by atoms with Crippen molar-refractivity contribution in [2.24, 2.45) is 0 Å². The fourth-order valence-electron chi connectivity index (χ4n) is 2.56. The van der Waals surface area contributed by atoms with Crippen molar-refractivity contribution in [2.75, 3.05) is 0 Å². The van der Waals surface area contributed by atoms with Crippen LogP contribution < -0.4 is 9.47 Å². The summed E-state index contributed by atoms with van der Waals surface area (Å²) in [5.74, 6) is 1.02. The Morgan fingerprint density at radius 2 is 2.04 bits per heavy atom. The summed E-state index contributed by atoms with van der Waals surface area (Å²) in [7, 11) is 0. The van der Waals surface area contributed by atoms with Gasteiger partial charge in [-0.25, -0.2) is 4.39 Å². The van der Waals surface area contributed by atoms with Gasteiger partial charge in [-0.15, -0.1) is 0 Å². The standard InChI is InChI=1S/C20H12ClFO4/c21-17-8-13(22)4-3-12(17)11-25-15-5-6-16-18(9-15)26-19(20(16)23)10-14-2-1-7-24-14/h1-10H,11H2/b19-10-. The van der Waals surface area contributed by atoms with Crippen LogP contribution in [0.3, 0.4) is 0 Å². The number of hydrogen-bond acceptors (Lipinski definition) is 4. The molecule has 0 radical (unpaired) electrons. The first kappa shape index (κ1) is 16.4. The summed E-state index contributed by atoms with van der Waals surface area (Å²) in [5.41, 5.74) is 1.11. The minimum atomic E-state index is -0.404. The molecule has 0 fully saturated rings. The van der Waals surface area contributed by atoms with Gasteiger partial charge in [-0.1, -0.05) is 17.7 Å². The maximum atomic E-state index is 13.1. The lowest BCUT2D eigenvalue weighted by Gasteiger charge is -2.08. The second-order valence-corrected chi connectivity index (χ2v) is 6.04. The minimum absolute atomic E-state index is 0.168. The topological polar surface area (TPSA) is 48.7 Å². The van der Waals surface area contributed by atoms with Crippen molar-refractivity contribution in [2.45, 2.75) is 6.61 Å². The van der Waals surface area contributed by atoms with Gasteiger partial charge in [-0.2, -0.15) is 0 Å². The first-order chi connectivity index (χ1) is 12.6. The molecule has 0 amide bonds. The first-order valence-corrected chi connectivity index (χ1v) is 8.16. The van der Waals surface area contributed by atoms with E-state index in [0.717, 1.165) is 0 Å². The Kier molecular flexibility index (Phi) is 4.22. The molecule has 0 spiro atoms. The minimum Gasteiger partial charge on any atom is -0.489 e. The van der Waals surface area contributed by atoms with E-state index in [1.807, 2.05) is 0 Å². The summed E-state index contributed by atoms with van der Waals surface area (Å²) in [6.07, 6.45) is 3.06. The summed E-state index contributed by atoms with van der Waals surface area (Å²) in [6.45, 7) is 0.168. The average molecular weight is 371 g/mol. The van der Waals surface area contributed by atoms with Crippen LogP contribution in [0.4, 0.5) is 4.39 Å². The summed E-state index contributed by atoms with van der Waals surface area (Å²) in [4.78, 5) is 12.4. The van der Waals surface area contributed by atoms with Crippen molar-refractivity contribution in [3.8, 4) is 11.5 Å². The molecule has 1 aromatic heterocycles. The number of carbonyl (C=O) groups is 1. The maximum absolute atomic E-state index is 13.1. The molecule has 130 valence electrons. The van der Waals surface area contributed by atoms with E-state index in [1.165, 1.54) is 18.4 Å². The highest BCUT2D eigenvalue weighted by atomic mass is 35.5. The van der Waals surface area contributed by atoms with Gasteiger partial charge in [0.1, 0.15) is 29.7 Å². The molecular formula is C20H12ClFO4. The second-order valence-electron chi connectivity index (χ2n) is 5.64. The average Bonchev–Trinajstić information content (AvgIpc) is 3.23. The zero-order valence-corrected chi connectivity index (χ0v) is 14.1. The second kappa shape index (κ2) is 6.69. The molecule has 26 heavy (non-hydrogen) atoms. The lowest BCUT2D eigenvalue weighted by molar-refractivity contribution is 0.101. The highest BCUT2D eigenvalue weighted by molar-refractivity contribution is 6.31. The van der Waals surface area contributed by atoms with E-state index in [0.29, 0.717) is 33.4 Å². The predicted molar refractivity (Wildman–Crippen MR) is 93.8 cm³/mol. The van der Waals surface area contributed by atoms with Gasteiger partial charge in [0.25, 0.3) is 0 Å². The van der Waals surface area contributed by atoms with Gasteiger partial charge in [0.15, 0.2) is 5.76 Å². The molecule has 0 aliphatic carbocycles. The summed E-state index contributed by atoms with van der Waals surface area (Å²) >= 11 is 5.99. The molecule has 0 atom stereocenters. The van der Waals surface area contributed by atoms with Crippen molar-refractivity contribution in [3.63, 3.8) is 0 Å². The number of rotatable bonds is 4. The highest BCUT2D eigenvalue weighted by Crippen LogP contribution is 2.35. The Bertz CT molecular complexity index is 1010. The number of fused-ring (bicyclic) bond motifs is 1. The third-order valence-electron chi connectivity index (χ3n) is 3.87. The zero-order valence-electron chi connectivity index (χ0n) is 13.4. The quantitative estimate of drug-likeness (QED) is 0.587. The van der Waals surface area contributed by atoms with Crippen molar-refractivity contribution < 1.29 is 23.1 Å². The van der Waals surface area contributed by atoms with Crippen LogP contribution in [0.15, 0.2) is 65.0 Å². The van der Waals surface area contributed by atoms with Crippen LogP contribution in [0.1, 0.15) is 21.7 Å². The number of Topliss-reactive ketones (excluding diaryl/α,β-unsaturated/α-hetero) is 1. The summed E-state index contributed by atoms with van der Waals surface area (Å²) in [6, 6.07) is 12.5. The zero-order chi connectivity index (χ0) is 18.1. The van der Waals surface area contributed by atoms with Crippen LogP contribution in [0.2, 0.25) is 5.02 Å². The number of ketones is 1. The molecule has 3 aromatic rings. The van der Waals surface area contributed by atoms with E-state index >= 15 is 0 Å². The lowest BCUT2D eigenvalue weighted by atomic mass is 10.1. The summed E-state index contributed by atoms with van der Waals surface area (Å²) in [5, 5.41) is 0.293. The fourth-order valence-corrected chi connectivity index (χ4v) is 2.78. The third-order valence-corrected chi connectivity index (χ3v) is 4.22. The predicted octanol–water partition coefficient (Wildman–Crippen LogP) is 5.27. The normalized spacial score (nSPS) is 14.4. The Labute approximate surface area is 153 Å². The molecule has 2 aromatic carbocycles. The van der Waals surface area contributed by atoms with E-state index in [4.69, 9.17) is 25.5 Å². The number of benzene rings is 2. The molecule has 0 unspecified atom stereocenters. The molecular weight excluding hydrogens is 359 g/mol. The van der Waals surface area contributed by atoms with Crippen molar-refractivity contribution in [3.05, 3.63) is 88.3 Å². The van der Waals surface area contributed by atoms with Crippen LogP contribution in [0.25, 0.3) is 6.08 Å². The number of carbonyl (C=O) groups excluding carboxylic acids is 1. The first-order valence-electron chi connectivity index (χ1n) is 7.79. The Morgan fingerprint density at radius 1 is 1.15 bits per heavy atom. The molecule has 4 rings (SSSR count). The van der Waals surface area contributed by atoms with Gasteiger partial charge in [-0.05, 0) is 36.4 Å². The van der Waals surface area contributed by atoms with E-state index < -0.39 is 5.82 Å². The van der Waals surface area contributed by atoms with Crippen LogP contribution in [0, 0.1) is 5.82 Å². The molecule has 1 aliphatic rings. The van der Waals surface area contributed by atoms with Gasteiger partial charge in [0, 0.05) is 17.7 Å². The van der Waals surface area contributed by atoms with E-state index in [9.17, 15) is 9.18 Å². The molecule has 1 aliphatic heterocycles. The van der Waals surface area contributed by atoms with E-state index in [2.05, 4.69) is 0 Å². The Hall–Kier alpha value is -3.05. The summed E-state index contributed by atoms with van der Waals surface area (Å²) < 4.78 is 29.6. The van der Waals surface area contributed by atoms with Gasteiger partial charge >= 0.3 is 0 Å². The highest BCUT2D eigenvalue weighted by Gasteiger charge is 2.28. The number of halogens is 2. The van der Waals surface area contributed by atoms with Crippen LogP contribution >= 0.6 is 11.6 Å². The number of hydrogen-bond donors (Lipinski definition) is 0. The maximum Gasteiger partial charge on any atom is 0.232 e. The molecule has 2 heterocycles. The van der Waals surface area contributed by atoms with Crippen LogP contribution in [-0.2, 0) is 6.61 Å². The van der Waals surface area contributed by atoms with Crippen LogP contribution in [-0.4, -0.2) is 5.78 Å². The Balaban J connectivity index is 1.51. The fraction of sp³-hybridized carbons (Fsp3) is 0.0500. The smallest absolute Gasteiger partial charge is 0.232 e. The van der Waals surface area contributed by atoms with Gasteiger partial charge in [0.05, 0.1) is 16.8 Å². The molecule has 0 saturated heterocycles. The van der Waals surface area contributed by atoms with Crippen LogP contribution in [0.5, 0.6) is 11.5 Å². The van der Waals surface area contributed by atoms with Gasteiger partial charge in [-0.3, -0.25) is 4.79 Å². The molecule has 0 saturated carbocycles. The number of ether oxygens (including phenoxy) is 2. The van der Waals surface area contributed by atoms with E-state index in [1.54, 1.807) is 42.5 Å². The molecule has 4 nitrogen and oxygen atoms in total. The molecule has 0 N–H and O–H groups in total. The Morgan fingerprint density at radius 3 is 2.81 bits per heavy atom. The lowest BCUT2D eigenvalue weighted by Crippen LogP contribution is -1.98. The number of furan rings is 1. The molecule has 0 bridgehead atoms. The van der Waals surface area contributed by atoms with Gasteiger partial charge < -0.3 is 13.9 Å². The van der Waals surface area contributed by atoms with Crippen molar-refractivity contribution >= 4 is 23.5 Å². The van der Waals surface area contributed by atoms with E-state index in [-0.39, 0.29) is 18.1 Å².